The van der Waals surface area contributed by atoms with Crippen molar-refractivity contribution in [3.05, 3.63) is 35.6 Å². The van der Waals surface area contributed by atoms with E-state index >= 15 is 0 Å². The standard InChI is InChI=1S/C16H19NO5/c1-10(8-20-3)17-14(18)9-21-16(19)15-11(2)12-6-4-5-7-13(12)22-15/h4-7,10H,8-9H2,1-3H3,(H,17,18). The molecule has 0 radical (unpaired) electrons. The van der Waals surface area contributed by atoms with Crippen molar-refractivity contribution in [3.63, 3.8) is 0 Å². The lowest BCUT2D eigenvalue weighted by atomic mass is 10.1. The van der Waals surface area contributed by atoms with E-state index < -0.39 is 5.97 Å². The second-order valence-corrected chi connectivity index (χ2v) is 5.05. The van der Waals surface area contributed by atoms with Crippen LogP contribution in [0, 0.1) is 6.92 Å². The van der Waals surface area contributed by atoms with Crippen LogP contribution in [0.5, 0.6) is 0 Å². The van der Waals surface area contributed by atoms with Crippen molar-refractivity contribution in [2.75, 3.05) is 20.3 Å². The number of ether oxygens (including phenoxy) is 2. The van der Waals surface area contributed by atoms with Gasteiger partial charge in [-0.05, 0) is 19.9 Å². The maximum atomic E-state index is 12.0. The van der Waals surface area contributed by atoms with Crippen LogP contribution < -0.4 is 5.32 Å². The van der Waals surface area contributed by atoms with Gasteiger partial charge in [0.15, 0.2) is 6.61 Å². The molecule has 6 heteroatoms. The van der Waals surface area contributed by atoms with Crippen LogP contribution in [-0.4, -0.2) is 38.2 Å². The number of rotatable bonds is 6. The second-order valence-electron chi connectivity index (χ2n) is 5.05. The minimum atomic E-state index is -0.650. The Bertz CT molecular complexity index is 676. The summed E-state index contributed by atoms with van der Waals surface area (Å²) in [5.74, 6) is -0.908. The van der Waals surface area contributed by atoms with E-state index in [0.29, 0.717) is 17.8 Å². The summed E-state index contributed by atoms with van der Waals surface area (Å²) in [5, 5.41) is 3.51. The molecule has 1 N–H and O–H groups in total. The van der Waals surface area contributed by atoms with Crippen LogP contribution in [0.3, 0.4) is 0 Å². The lowest BCUT2D eigenvalue weighted by Crippen LogP contribution is -2.38. The van der Waals surface area contributed by atoms with Crippen LogP contribution in [0.2, 0.25) is 0 Å². The summed E-state index contributed by atoms with van der Waals surface area (Å²) in [6.07, 6.45) is 0. The van der Waals surface area contributed by atoms with Crippen molar-refractivity contribution in [1.82, 2.24) is 5.32 Å². The largest absolute Gasteiger partial charge is 0.450 e. The maximum Gasteiger partial charge on any atom is 0.375 e. The van der Waals surface area contributed by atoms with E-state index in [1.165, 1.54) is 0 Å². The fraction of sp³-hybridized carbons (Fsp3) is 0.375. The molecule has 22 heavy (non-hydrogen) atoms. The van der Waals surface area contributed by atoms with E-state index in [2.05, 4.69) is 5.32 Å². The van der Waals surface area contributed by atoms with Crippen LogP contribution in [-0.2, 0) is 14.3 Å². The molecule has 0 aliphatic rings. The molecular weight excluding hydrogens is 286 g/mol. The Balaban J connectivity index is 1.97. The van der Waals surface area contributed by atoms with Gasteiger partial charge < -0.3 is 19.2 Å². The van der Waals surface area contributed by atoms with E-state index in [-0.39, 0.29) is 24.3 Å². The van der Waals surface area contributed by atoms with E-state index in [0.717, 1.165) is 5.39 Å². The summed E-state index contributed by atoms with van der Waals surface area (Å²) in [6, 6.07) is 7.18. The molecule has 0 aliphatic heterocycles. The van der Waals surface area contributed by atoms with Gasteiger partial charge >= 0.3 is 5.97 Å². The van der Waals surface area contributed by atoms with Crippen molar-refractivity contribution < 1.29 is 23.5 Å². The van der Waals surface area contributed by atoms with Gasteiger partial charge in [0.2, 0.25) is 5.76 Å². The summed E-state index contributed by atoms with van der Waals surface area (Å²) >= 11 is 0. The van der Waals surface area contributed by atoms with Gasteiger partial charge in [-0.3, -0.25) is 4.79 Å². The highest BCUT2D eigenvalue weighted by Gasteiger charge is 2.20. The number of fused-ring (bicyclic) bond motifs is 1. The van der Waals surface area contributed by atoms with E-state index in [4.69, 9.17) is 13.9 Å². The minimum Gasteiger partial charge on any atom is -0.450 e. The predicted octanol–water partition coefficient (Wildman–Crippen LogP) is 2.05. The molecule has 1 aromatic heterocycles. The summed E-state index contributed by atoms with van der Waals surface area (Å²) in [6.45, 7) is 3.61. The third-order valence-electron chi connectivity index (χ3n) is 3.19. The van der Waals surface area contributed by atoms with Crippen molar-refractivity contribution in [3.8, 4) is 0 Å². The monoisotopic (exact) mass is 305 g/mol. The molecule has 2 rings (SSSR count). The summed E-state index contributed by atoms with van der Waals surface area (Å²) in [7, 11) is 1.55. The molecule has 6 nitrogen and oxygen atoms in total. The number of methoxy groups -OCH3 is 1. The third kappa shape index (κ3) is 3.65. The number of hydrogen-bond acceptors (Lipinski definition) is 5. The van der Waals surface area contributed by atoms with Gasteiger partial charge in [0.25, 0.3) is 5.91 Å². The highest BCUT2D eigenvalue weighted by atomic mass is 16.5. The molecule has 1 heterocycles. The molecule has 0 aliphatic carbocycles. The number of esters is 1. The van der Waals surface area contributed by atoms with Crippen LogP contribution in [0.15, 0.2) is 28.7 Å². The number of aryl methyl sites for hydroxylation is 1. The normalized spacial score (nSPS) is 12.1. The van der Waals surface area contributed by atoms with Crippen LogP contribution in [0.1, 0.15) is 23.0 Å². The summed E-state index contributed by atoms with van der Waals surface area (Å²) < 4.78 is 15.4. The zero-order valence-electron chi connectivity index (χ0n) is 12.8. The Kier molecular flexibility index (Phi) is 5.16. The topological polar surface area (TPSA) is 77.8 Å². The number of nitrogens with one attached hydrogen (secondary N) is 1. The van der Waals surface area contributed by atoms with E-state index in [1.54, 1.807) is 27.0 Å². The number of benzene rings is 1. The van der Waals surface area contributed by atoms with Crippen molar-refractivity contribution in [1.29, 1.82) is 0 Å². The third-order valence-corrected chi connectivity index (χ3v) is 3.19. The summed E-state index contributed by atoms with van der Waals surface area (Å²) in [5.41, 5.74) is 1.32. The number of carbonyl (C=O) groups excluding carboxylic acids is 2. The van der Waals surface area contributed by atoms with Crippen LogP contribution in [0.4, 0.5) is 0 Å². The Hall–Kier alpha value is -2.34. The van der Waals surface area contributed by atoms with E-state index in [1.807, 2.05) is 18.2 Å². The molecule has 118 valence electrons. The molecule has 1 atom stereocenters. The smallest absolute Gasteiger partial charge is 0.375 e. The average molecular weight is 305 g/mol. The van der Waals surface area contributed by atoms with Gasteiger partial charge in [-0.25, -0.2) is 4.79 Å². The van der Waals surface area contributed by atoms with Gasteiger partial charge in [-0.15, -0.1) is 0 Å². The zero-order valence-corrected chi connectivity index (χ0v) is 12.8. The Labute approximate surface area is 128 Å². The fourth-order valence-electron chi connectivity index (χ4n) is 2.17. The molecule has 2 aromatic rings. The van der Waals surface area contributed by atoms with Gasteiger partial charge in [0.05, 0.1) is 6.61 Å². The molecule has 0 saturated carbocycles. The SMILES string of the molecule is COCC(C)NC(=O)COC(=O)c1oc2ccccc2c1C. The highest BCUT2D eigenvalue weighted by Crippen LogP contribution is 2.25. The highest BCUT2D eigenvalue weighted by molar-refractivity contribution is 5.96. The molecule has 1 aromatic carbocycles. The molecule has 0 fully saturated rings. The second kappa shape index (κ2) is 7.09. The lowest BCUT2D eigenvalue weighted by molar-refractivity contribution is -0.125. The first-order valence-corrected chi connectivity index (χ1v) is 6.96. The van der Waals surface area contributed by atoms with Crippen LogP contribution >= 0.6 is 0 Å². The number of para-hydroxylation sites is 1. The van der Waals surface area contributed by atoms with Gasteiger partial charge in [0.1, 0.15) is 5.58 Å². The van der Waals surface area contributed by atoms with E-state index in [9.17, 15) is 9.59 Å². The molecule has 1 unspecified atom stereocenters. The lowest BCUT2D eigenvalue weighted by Gasteiger charge is -2.12. The van der Waals surface area contributed by atoms with Crippen LogP contribution in [0.25, 0.3) is 11.0 Å². The maximum absolute atomic E-state index is 12.0. The fourth-order valence-corrected chi connectivity index (χ4v) is 2.17. The first-order valence-electron chi connectivity index (χ1n) is 6.96. The quantitative estimate of drug-likeness (QED) is 0.826. The Morgan fingerprint density at radius 1 is 1.32 bits per heavy atom. The first-order chi connectivity index (χ1) is 10.5. The Morgan fingerprint density at radius 2 is 2.05 bits per heavy atom. The first kappa shape index (κ1) is 16.0. The van der Waals surface area contributed by atoms with Crippen molar-refractivity contribution in [2.45, 2.75) is 19.9 Å². The predicted molar refractivity (Wildman–Crippen MR) is 80.7 cm³/mol. The number of carbonyl (C=O) groups is 2. The van der Waals surface area contributed by atoms with Crippen molar-refractivity contribution >= 4 is 22.8 Å². The minimum absolute atomic E-state index is 0.124. The number of hydrogen-bond donors (Lipinski definition) is 1. The molecule has 0 spiro atoms. The van der Waals surface area contributed by atoms with Gasteiger partial charge in [0, 0.05) is 24.1 Å². The average Bonchev–Trinajstić information content (AvgIpc) is 2.83. The zero-order chi connectivity index (χ0) is 16.1. The number of amides is 1. The molecule has 0 bridgehead atoms. The molecule has 1 amide bonds. The molecular formula is C16H19NO5. The van der Waals surface area contributed by atoms with Gasteiger partial charge in [-0.1, -0.05) is 18.2 Å². The molecule has 0 saturated heterocycles. The van der Waals surface area contributed by atoms with Crippen molar-refractivity contribution in [2.24, 2.45) is 0 Å². The Morgan fingerprint density at radius 3 is 2.73 bits per heavy atom. The van der Waals surface area contributed by atoms with Gasteiger partial charge in [-0.2, -0.15) is 0 Å². The summed E-state index contributed by atoms with van der Waals surface area (Å²) in [4.78, 5) is 23.7. The number of furan rings is 1.